The van der Waals surface area contributed by atoms with Gasteiger partial charge in [0.25, 0.3) is 5.91 Å². The van der Waals surface area contributed by atoms with E-state index in [1.165, 1.54) is 0 Å². The van der Waals surface area contributed by atoms with E-state index in [-0.39, 0.29) is 12.0 Å². The maximum absolute atomic E-state index is 12.7. The van der Waals surface area contributed by atoms with Crippen molar-refractivity contribution in [1.82, 2.24) is 15.2 Å². The van der Waals surface area contributed by atoms with Gasteiger partial charge in [0, 0.05) is 31.4 Å². The first-order valence-electron chi connectivity index (χ1n) is 11.6. The van der Waals surface area contributed by atoms with Crippen molar-refractivity contribution in [3.63, 3.8) is 0 Å². The number of ether oxygens (including phenoxy) is 1. The number of carbonyl (C=O) groups excluding carboxylic acids is 1. The molecule has 1 saturated heterocycles. The second kappa shape index (κ2) is 11.8. The molecule has 1 amide bonds. The van der Waals surface area contributed by atoms with E-state index in [0.717, 1.165) is 43.9 Å². The van der Waals surface area contributed by atoms with E-state index in [2.05, 4.69) is 34.4 Å². The Morgan fingerprint density at radius 1 is 1.21 bits per heavy atom. The van der Waals surface area contributed by atoms with Crippen LogP contribution in [0.2, 0.25) is 0 Å². The lowest BCUT2D eigenvalue weighted by Crippen LogP contribution is -2.50. The van der Waals surface area contributed by atoms with E-state index in [1.54, 1.807) is 31.2 Å². The van der Waals surface area contributed by atoms with E-state index < -0.39 is 11.6 Å². The average molecular weight is 450 g/mol. The van der Waals surface area contributed by atoms with Gasteiger partial charge in [0.15, 0.2) is 0 Å². The van der Waals surface area contributed by atoms with Crippen LogP contribution < -0.4 is 10.1 Å². The van der Waals surface area contributed by atoms with E-state index in [4.69, 9.17) is 4.74 Å². The van der Waals surface area contributed by atoms with Crippen molar-refractivity contribution in [1.29, 1.82) is 0 Å². The molecule has 1 aromatic carbocycles. The Kier molecular flexibility index (Phi) is 8.80. The maximum Gasteiger partial charge on any atom is 0.251 e. The van der Waals surface area contributed by atoms with Gasteiger partial charge < -0.3 is 15.2 Å². The van der Waals surface area contributed by atoms with Crippen molar-refractivity contribution in [3.8, 4) is 5.75 Å². The van der Waals surface area contributed by atoms with Gasteiger partial charge in [-0.1, -0.05) is 18.2 Å². The monoisotopic (exact) mass is 449 g/mol. The normalized spacial score (nSPS) is 16.1. The summed E-state index contributed by atoms with van der Waals surface area (Å²) in [6.45, 7) is 12.0. The first kappa shape index (κ1) is 24.7. The largest absolute Gasteiger partial charge is 0.490 e. The lowest BCUT2D eigenvalue weighted by Gasteiger charge is -2.33. The second-order valence-corrected chi connectivity index (χ2v) is 8.72. The minimum Gasteiger partial charge on any atom is -0.490 e. The van der Waals surface area contributed by atoms with Crippen molar-refractivity contribution in [2.75, 3.05) is 13.1 Å². The molecule has 3 rings (SSSR count). The molecule has 1 fully saturated rings. The summed E-state index contributed by atoms with van der Waals surface area (Å²) in [7, 11) is 0. The van der Waals surface area contributed by atoms with Crippen LogP contribution in [0.3, 0.4) is 0 Å². The van der Waals surface area contributed by atoms with Crippen molar-refractivity contribution in [2.24, 2.45) is 0 Å². The lowest BCUT2D eigenvalue weighted by atomic mass is 9.88. The van der Waals surface area contributed by atoms with Crippen molar-refractivity contribution < 1.29 is 14.6 Å². The van der Waals surface area contributed by atoms with Gasteiger partial charge in [0.2, 0.25) is 0 Å². The predicted molar refractivity (Wildman–Crippen MR) is 131 cm³/mol. The number of nitrogens with one attached hydrogen (secondary N) is 1. The second-order valence-electron chi connectivity index (χ2n) is 8.72. The summed E-state index contributed by atoms with van der Waals surface area (Å²) in [4.78, 5) is 19.5. The molecule has 1 atom stereocenters. The van der Waals surface area contributed by atoms with E-state index in [1.807, 2.05) is 30.5 Å². The number of amides is 1. The van der Waals surface area contributed by atoms with Crippen LogP contribution >= 0.6 is 0 Å². The van der Waals surface area contributed by atoms with Crippen LogP contribution in [-0.2, 0) is 6.54 Å². The molecule has 2 heterocycles. The molecule has 0 spiro atoms. The van der Waals surface area contributed by atoms with Gasteiger partial charge in [-0.05, 0) is 69.0 Å². The first-order valence-corrected chi connectivity index (χ1v) is 11.6. The third kappa shape index (κ3) is 7.01. The number of benzene rings is 1. The molecule has 2 N–H and O–H groups in total. The topological polar surface area (TPSA) is 74.7 Å². The zero-order valence-corrected chi connectivity index (χ0v) is 19.5. The van der Waals surface area contributed by atoms with Crippen LogP contribution in [0.4, 0.5) is 0 Å². The number of pyridine rings is 1. The molecule has 1 aliphatic rings. The number of piperidine rings is 1. The Hall–Kier alpha value is -2.96. The number of hydrogen-bond acceptors (Lipinski definition) is 5. The zero-order chi connectivity index (χ0) is 23.7. The van der Waals surface area contributed by atoms with Gasteiger partial charge in [-0.3, -0.25) is 14.7 Å². The quantitative estimate of drug-likeness (QED) is 0.505. The molecular weight excluding hydrogens is 414 g/mol. The van der Waals surface area contributed by atoms with Gasteiger partial charge >= 0.3 is 0 Å². The Balaban J connectivity index is 1.48. The van der Waals surface area contributed by atoms with Crippen LogP contribution in [-0.4, -0.2) is 51.7 Å². The van der Waals surface area contributed by atoms with Crippen LogP contribution in [0, 0.1) is 0 Å². The smallest absolute Gasteiger partial charge is 0.251 e. The fraction of sp³-hybridized carbons (Fsp3) is 0.407. The average Bonchev–Trinajstić information content (AvgIpc) is 2.82. The fourth-order valence-electron chi connectivity index (χ4n) is 4.13. The summed E-state index contributed by atoms with van der Waals surface area (Å²) in [6.07, 6.45) is 7.95. The summed E-state index contributed by atoms with van der Waals surface area (Å²) in [5.74, 6) is 0.529. The first-order chi connectivity index (χ1) is 15.9. The van der Waals surface area contributed by atoms with Crippen LogP contribution in [0.25, 0.3) is 0 Å². The van der Waals surface area contributed by atoms with E-state index in [9.17, 15) is 9.90 Å². The van der Waals surface area contributed by atoms with Crippen LogP contribution in [0.1, 0.15) is 48.7 Å². The van der Waals surface area contributed by atoms with Gasteiger partial charge in [-0.15, -0.1) is 13.2 Å². The van der Waals surface area contributed by atoms with Crippen molar-refractivity contribution in [2.45, 2.75) is 56.9 Å². The molecule has 6 nitrogen and oxygen atoms in total. The van der Waals surface area contributed by atoms with Crippen molar-refractivity contribution in [3.05, 3.63) is 85.2 Å². The highest BCUT2D eigenvalue weighted by molar-refractivity contribution is 5.94. The molecule has 6 heteroatoms. The molecule has 0 radical (unpaired) electrons. The molecule has 1 unspecified atom stereocenters. The van der Waals surface area contributed by atoms with Crippen LogP contribution in [0.15, 0.2) is 74.0 Å². The number of nitrogens with zero attached hydrogens (tertiary/aromatic N) is 2. The van der Waals surface area contributed by atoms with E-state index >= 15 is 0 Å². The maximum atomic E-state index is 12.7. The SMILES string of the molecule is C=CCC(O)(CC=C)C(C)NC(=O)c1ccc(OC2CCN(Cc3ccccn3)CC2)cc1. The fourth-order valence-corrected chi connectivity index (χ4v) is 4.13. The molecule has 0 saturated carbocycles. The predicted octanol–water partition coefficient (Wildman–Crippen LogP) is 4.13. The number of hydrogen-bond donors (Lipinski definition) is 2. The van der Waals surface area contributed by atoms with E-state index in [0.29, 0.717) is 18.4 Å². The molecule has 1 aliphatic heterocycles. The number of rotatable bonds is 11. The molecule has 0 aliphatic carbocycles. The van der Waals surface area contributed by atoms with Crippen LogP contribution in [0.5, 0.6) is 5.75 Å². The Morgan fingerprint density at radius 2 is 1.88 bits per heavy atom. The highest BCUT2D eigenvalue weighted by Gasteiger charge is 2.32. The minimum absolute atomic E-state index is 0.164. The molecule has 176 valence electrons. The number of aromatic nitrogens is 1. The minimum atomic E-state index is -1.10. The molecule has 1 aromatic heterocycles. The highest BCUT2D eigenvalue weighted by atomic mass is 16.5. The number of carbonyl (C=O) groups is 1. The summed E-state index contributed by atoms with van der Waals surface area (Å²) in [5.41, 5.74) is 0.514. The summed E-state index contributed by atoms with van der Waals surface area (Å²) >= 11 is 0. The summed E-state index contributed by atoms with van der Waals surface area (Å²) in [6, 6.07) is 12.7. The number of aliphatic hydroxyl groups is 1. The third-order valence-corrected chi connectivity index (χ3v) is 6.21. The molecule has 2 aromatic rings. The highest BCUT2D eigenvalue weighted by Crippen LogP contribution is 2.23. The standard InChI is InChI=1S/C27H35N3O3/c1-4-15-27(32,16-5-2)21(3)29-26(31)22-9-11-24(12-10-22)33-25-13-18-30(19-14-25)20-23-8-6-7-17-28-23/h4-12,17,21,25,32H,1-2,13-16,18-20H2,3H3,(H,29,31). The number of likely N-dealkylation sites (tertiary alicyclic amines) is 1. The summed E-state index contributed by atoms with van der Waals surface area (Å²) in [5, 5.41) is 13.7. The summed E-state index contributed by atoms with van der Waals surface area (Å²) < 4.78 is 6.15. The van der Waals surface area contributed by atoms with Crippen molar-refractivity contribution >= 4 is 5.91 Å². The van der Waals surface area contributed by atoms with Gasteiger partial charge in [0.05, 0.1) is 17.3 Å². The third-order valence-electron chi connectivity index (χ3n) is 6.21. The molecule has 33 heavy (non-hydrogen) atoms. The lowest BCUT2D eigenvalue weighted by molar-refractivity contribution is 0.0127. The Morgan fingerprint density at radius 3 is 2.45 bits per heavy atom. The van der Waals surface area contributed by atoms with Gasteiger partial charge in [-0.2, -0.15) is 0 Å². The molecular formula is C27H35N3O3. The molecule has 0 bridgehead atoms. The Bertz CT molecular complexity index is 896. The van der Waals surface area contributed by atoms with Gasteiger partial charge in [0.1, 0.15) is 11.9 Å². The zero-order valence-electron chi connectivity index (χ0n) is 19.5. The Labute approximate surface area is 197 Å². The van der Waals surface area contributed by atoms with Gasteiger partial charge in [-0.25, -0.2) is 0 Å².